The van der Waals surface area contributed by atoms with Crippen LogP contribution in [0, 0.1) is 5.92 Å². The van der Waals surface area contributed by atoms with E-state index in [4.69, 9.17) is 4.74 Å². The van der Waals surface area contributed by atoms with Crippen molar-refractivity contribution in [3.8, 4) is 0 Å². The molecule has 0 aromatic carbocycles. The van der Waals surface area contributed by atoms with Crippen LogP contribution in [0.5, 0.6) is 0 Å². The summed E-state index contributed by atoms with van der Waals surface area (Å²) in [6, 6.07) is 0. The average molecular weight is 182 g/mol. The number of hydrogen-bond donors (Lipinski definition) is 0. The van der Waals surface area contributed by atoms with Gasteiger partial charge in [0.15, 0.2) is 5.78 Å². The fraction of sp³-hybridized carbons (Fsp3) is 0.909. The van der Waals surface area contributed by atoms with Crippen LogP contribution in [0.25, 0.3) is 0 Å². The van der Waals surface area contributed by atoms with E-state index in [-0.39, 0.29) is 5.60 Å². The van der Waals surface area contributed by atoms with Crippen molar-refractivity contribution in [2.24, 2.45) is 5.92 Å². The van der Waals surface area contributed by atoms with Crippen LogP contribution in [0.3, 0.4) is 0 Å². The molecule has 0 aromatic heterocycles. The smallest absolute Gasteiger partial charge is 0.164 e. The van der Waals surface area contributed by atoms with Crippen molar-refractivity contribution in [3.05, 3.63) is 0 Å². The number of hydrogen-bond acceptors (Lipinski definition) is 2. The van der Waals surface area contributed by atoms with E-state index in [1.807, 2.05) is 0 Å². The number of carbonyl (C=O) groups excluding carboxylic acids is 1. The molecule has 0 radical (unpaired) electrons. The molecule has 1 saturated heterocycles. The molecule has 1 spiro atoms. The lowest BCUT2D eigenvalue weighted by molar-refractivity contribution is -0.150. The molecular weight excluding hydrogens is 164 g/mol. The molecule has 0 unspecified atom stereocenters. The lowest BCUT2D eigenvalue weighted by Gasteiger charge is -2.35. The van der Waals surface area contributed by atoms with E-state index < -0.39 is 0 Å². The highest BCUT2D eigenvalue weighted by molar-refractivity contribution is 5.89. The summed E-state index contributed by atoms with van der Waals surface area (Å²) in [6.45, 7) is 3.00. The van der Waals surface area contributed by atoms with Crippen LogP contribution in [0.4, 0.5) is 0 Å². The standard InChI is InChI=1S/C11H18O2/c1-2-9-5-7-11(13-8-9)6-3-4-10(11)12/h9H,2-8H2,1H3/t9-,11+/m1/s1. The van der Waals surface area contributed by atoms with Gasteiger partial charge in [-0.15, -0.1) is 0 Å². The summed E-state index contributed by atoms with van der Waals surface area (Å²) in [6.07, 6.45) is 6.10. The Balaban J connectivity index is 1.99. The largest absolute Gasteiger partial charge is 0.367 e. The molecule has 0 N–H and O–H groups in total. The lowest BCUT2D eigenvalue weighted by atomic mass is 9.86. The van der Waals surface area contributed by atoms with Gasteiger partial charge in [0.05, 0.1) is 6.61 Å². The Morgan fingerprint density at radius 3 is 2.85 bits per heavy atom. The molecule has 13 heavy (non-hydrogen) atoms. The molecule has 2 atom stereocenters. The molecule has 1 saturated carbocycles. The quantitative estimate of drug-likeness (QED) is 0.622. The average Bonchev–Trinajstić information content (AvgIpc) is 2.50. The zero-order valence-corrected chi connectivity index (χ0v) is 8.34. The highest BCUT2D eigenvalue weighted by atomic mass is 16.5. The minimum atomic E-state index is -0.328. The Kier molecular flexibility index (Phi) is 2.41. The monoisotopic (exact) mass is 182 g/mol. The number of ketones is 1. The minimum Gasteiger partial charge on any atom is -0.367 e. The summed E-state index contributed by atoms with van der Waals surface area (Å²) in [5.74, 6) is 1.06. The molecule has 1 heterocycles. The van der Waals surface area contributed by atoms with Crippen molar-refractivity contribution < 1.29 is 9.53 Å². The van der Waals surface area contributed by atoms with Gasteiger partial charge in [0, 0.05) is 6.42 Å². The lowest BCUT2D eigenvalue weighted by Crippen LogP contribution is -2.42. The number of Topliss-reactive ketones (excluding diaryl/α,β-unsaturated/α-hetero) is 1. The van der Waals surface area contributed by atoms with E-state index in [9.17, 15) is 4.79 Å². The number of rotatable bonds is 1. The van der Waals surface area contributed by atoms with E-state index in [2.05, 4.69) is 6.92 Å². The van der Waals surface area contributed by atoms with Crippen molar-refractivity contribution in [2.45, 2.75) is 51.0 Å². The summed E-state index contributed by atoms with van der Waals surface area (Å²) < 4.78 is 5.79. The van der Waals surface area contributed by atoms with Crippen molar-refractivity contribution in [1.29, 1.82) is 0 Å². The first-order valence-electron chi connectivity index (χ1n) is 5.44. The molecule has 0 bridgehead atoms. The Labute approximate surface area is 79.7 Å². The molecule has 2 aliphatic rings. The Morgan fingerprint density at radius 2 is 2.38 bits per heavy atom. The first-order chi connectivity index (χ1) is 6.27. The van der Waals surface area contributed by atoms with Gasteiger partial charge in [-0.1, -0.05) is 13.3 Å². The van der Waals surface area contributed by atoms with Crippen LogP contribution in [0.1, 0.15) is 45.4 Å². The normalized spacial score (nSPS) is 40.1. The molecule has 2 rings (SSSR count). The van der Waals surface area contributed by atoms with Gasteiger partial charge in [0.2, 0.25) is 0 Å². The number of carbonyl (C=O) groups is 1. The minimum absolute atomic E-state index is 0.328. The van der Waals surface area contributed by atoms with E-state index in [0.29, 0.717) is 11.7 Å². The van der Waals surface area contributed by atoms with Gasteiger partial charge in [-0.25, -0.2) is 0 Å². The molecule has 1 aliphatic heterocycles. The molecule has 2 nitrogen and oxygen atoms in total. The zero-order valence-electron chi connectivity index (χ0n) is 8.34. The SMILES string of the molecule is CC[C@@H]1CC[C@]2(CCCC2=O)OC1. The molecule has 1 aliphatic carbocycles. The van der Waals surface area contributed by atoms with Crippen molar-refractivity contribution in [3.63, 3.8) is 0 Å². The van der Waals surface area contributed by atoms with Crippen LogP contribution in [-0.2, 0) is 9.53 Å². The van der Waals surface area contributed by atoms with Crippen LogP contribution < -0.4 is 0 Å². The molecule has 0 amide bonds. The van der Waals surface area contributed by atoms with Crippen LogP contribution in [0.2, 0.25) is 0 Å². The van der Waals surface area contributed by atoms with Gasteiger partial charge in [-0.2, -0.15) is 0 Å². The Bertz CT molecular complexity index is 202. The zero-order chi connectivity index (χ0) is 9.31. The third-order valence-electron chi connectivity index (χ3n) is 3.62. The van der Waals surface area contributed by atoms with Gasteiger partial charge < -0.3 is 4.74 Å². The van der Waals surface area contributed by atoms with Gasteiger partial charge in [-0.05, 0) is 31.6 Å². The molecule has 2 heteroatoms. The summed E-state index contributed by atoms with van der Waals surface area (Å²) in [7, 11) is 0. The first-order valence-corrected chi connectivity index (χ1v) is 5.44. The van der Waals surface area contributed by atoms with Gasteiger partial charge >= 0.3 is 0 Å². The Hall–Kier alpha value is -0.370. The molecule has 74 valence electrons. The van der Waals surface area contributed by atoms with Crippen LogP contribution in [-0.4, -0.2) is 18.0 Å². The van der Waals surface area contributed by atoms with Crippen LogP contribution in [0.15, 0.2) is 0 Å². The summed E-state index contributed by atoms with van der Waals surface area (Å²) in [4.78, 5) is 11.6. The number of ether oxygens (including phenoxy) is 1. The van der Waals surface area contributed by atoms with E-state index in [1.54, 1.807) is 0 Å². The molecular formula is C11H18O2. The van der Waals surface area contributed by atoms with Crippen molar-refractivity contribution >= 4 is 5.78 Å². The highest BCUT2D eigenvalue weighted by Crippen LogP contribution is 2.39. The van der Waals surface area contributed by atoms with E-state index in [0.717, 1.165) is 32.3 Å². The molecule has 0 aromatic rings. The third kappa shape index (κ3) is 1.52. The van der Waals surface area contributed by atoms with Crippen molar-refractivity contribution in [2.75, 3.05) is 6.61 Å². The maximum atomic E-state index is 11.6. The van der Waals surface area contributed by atoms with Gasteiger partial charge in [0.25, 0.3) is 0 Å². The molecule has 2 fully saturated rings. The summed E-state index contributed by atoms with van der Waals surface area (Å²) in [5, 5.41) is 0. The van der Waals surface area contributed by atoms with E-state index >= 15 is 0 Å². The fourth-order valence-electron chi connectivity index (χ4n) is 2.51. The van der Waals surface area contributed by atoms with Crippen LogP contribution >= 0.6 is 0 Å². The fourth-order valence-corrected chi connectivity index (χ4v) is 2.51. The van der Waals surface area contributed by atoms with Gasteiger partial charge in [0.1, 0.15) is 5.60 Å². The van der Waals surface area contributed by atoms with Gasteiger partial charge in [-0.3, -0.25) is 4.79 Å². The second kappa shape index (κ2) is 3.41. The predicted octanol–water partition coefficient (Wildman–Crippen LogP) is 2.31. The topological polar surface area (TPSA) is 26.3 Å². The maximum absolute atomic E-state index is 11.6. The summed E-state index contributed by atoms with van der Waals surface area (Å²) in [5.41, 5.74) is -0.328. The highest BCUT2D eigenvalue weighted by Gasteiger charge is 2.45. The third-order valence-corrected chi connectivity index (χ3v) is 3.62. The maximum Gasteiger partial charge on any atom is 0.164 e. The Morgan fingerprint density at radius 1 is 1.54 bits per heavy atom. The summed E-state index contributed by atoms with van der Waals surface area (Å²) >= 11 is 0. The van der Waals surface area contributed by atoms with E-state index in [1.165, 1.54) is 12.8 Å². The predicted molar refractivity (Wildman–Crippen MR) is 50.6 cm³/mol. The first kappa shape index (κ1) is 9.20. The van der Waals surface area contributed by atoms with Crippen molar-refractivity contribution in [1.82, 2.24) is 0 Å². The second-order valence-corrected chi connectivity index (χ2v) is 4.39. The second-order valence-electron chi connectivity index (χ2n) is 4.39.